The van der Waals surface area contributed by atoms with E-state index in [-0.39, 0.29) is 11.7 Å². The van der Waals surface area contributed by atoms with Gasteiger partial charge in [0.2, 0.25) is 5.91 Å². The average molecular weight is 417 g/mol. The lowest BCUT2D eigenvalue weighted by molar-refractivity contribution is -0.113. The minimum Gasteiger partial charge on any atom is -0.462 e. The van der Waals surface area contributed by atoms with Crippen LogP contribution < -0.4 is 5.32 Å². The van der Waals surface area contributed by atoms with Gasteiger partial charge in [-0.2, -0.15) is 5.26 Å². The van der Waals surface area contributed by atoms with Gasteiger partial charge in [-0.25, -0.2) is 9.78 Å². The SMILES string of the molecule is CCOC(=O)c1ccc(NC(=O)CSc2nc(-c3ccccc3)ccc2C#N)cc1. The zero-order chi connectivity index (χ0) is 21.3. The summed E-state index contributed by atoms with van der Waals surface area (Å²) >= 11 is 1.20. The fourth-order valence-electron chi connectivity index (χ4n) is 2.64. The maximum Gasteiger partial charge on any atom is 0.338 e. The average Bonchev–Trinajstić information content (AvgIpc) is 2.78. The lowest BCUT2D eigenvalue weighted by Crippen LogP contribution is -2.14. The van der Waals surface area contributed by atoms with Gasteiger partial charge >= 0.3 is 5.97 Å². The normalized spacial score (nSPS) is 10.1. The van der Waals surface area contributed by atoms with Crippen LogP contribution in [0, 0.1) is 11.3 Å². The number of anilines is 1. The zero-order valence-electron chi connectivity index (χ0n) is 16.3. The van der Waals surface area contributed by atoms with Gasteiger partial charge in [0.25, 0.3) is 0 Å². The first-order valence-electron chi connectivity index (χ1n) is 9.27. The van der Waals surface area contributed by atoms with Crippen LogP contribution >= 0.6 is 11.8 Å². The summed E-state index contributed by atoms with van der Waals surface area (Å²) in [6, 6.07) is 21.7. The predicted octanol–water partition coefficient (Wildman–Crippen LogP) is 4.53. The molecule has 0 radical (unpaired) electrons. The highest BCUT2D eigenvalue weighted by Gasteiger charge is 2.11. The van der Waals surface area contributed by atoms with Crippen LogP contribution in [0.15, 0.2) is 71.8 Å². The second-order valence-electron chi connectivity index (χ2n) is 6.16. The number of carbonyl (C=O) groups is 2. The van der Waals surface area contributed by atoms with Gasteiger partial charge in [-0.1, -0.05) is 42.1 Å². The number of nitriles is 1. The van der Waals surface area contributed by atoms with Gasteiger partial charge in [0.05, 0.1) is 29.2 Å². The number of aromatic nitrogens is 1. The third-order valence-electron chi connectivity index (χ3n) is 4.07. The van der Waals surface area contributed by atoms with Crippen molar-refractivity contribution in [3.63, 3.8) is 0 Å². The molecule has 3 aromatic rings. The van der Waals surface area contributed by atoms with Crippen LogP contribution in [0.1, 0.15) is 22.8 Å². The Labute approximate surface area is 178 Å². The monoisotopic (exact) mass is 417 g/mol. The number of pyridine rings is 1. The number of thioether (sulfide) groups is 1. The highest BCUT2D eigenvalue weighted by Crippen LogP contribution is 2.25. The largest absolute Gasteiger partial charge is 0.462 e. The maximum absolute atomic E-state index is 12.3. The van der Waals surface area contributed by atoms with Crippen molar-refractivity contribution in [2.24, 2.45) is 0 Å². The van der Waals surface area contributed by atoms with E-state index >= 15 is 0 Å². The first-order chi connectivity index (χ1) is 14.6. The van der Waals surface area contributed by atoms with Gasteiger partial charge < -0.3 is 10.1 Å². The van der Waals surface area contributed by atoms with E-state index in [1.54, 1.807) is 43.3 Å². The Morgan fingerprint density at radius 2 is 1.80 bits per heavy atom. The number of ether oxygens (including phenoxy) is 1. The van der Waals surface area contributed by atoms with E-state index < -0.39 is 5.97 Å². The van der Waals surface area contributed by atoms with Crippen molar-refractivity contribution in [1.29, 1.82) is 5.26 Å². The lowest BCUT2D eigenvalue weighted by Gasteiger charge is -2.08. The van der Waals surface area contributed by atoms with E-state index in [2.05, 4.69) is 16.4 Å². The molecule has 0 unspecified atom stereocenters. The zero-order valence-corrected chi connectivity index (χ0v) is 17.1. The molecule has 150 valence electrons. The first-order valence-corrected chi connectivity index (χ1v) is 10.3. The van der Waals surface area contributed by atoms with Crippen LogP contribution in [0.4, 0.5) is 5.69 Å². The van der Waals surface area contributed by atoms with Crippen molar-refractivity contribution >= 4 is 29.3 Å². The summed E-state index contributed by atoms with van der Waals surface area (Å²) in [5.74, 6) is -0.543. The van der Waals surface area contributed by atoms with Gasteiger partial charge in [0.1, 0.15) is 11.1 Å². The summed E-state index contributed by atoms with van der Waals surface area (Å²) < 4.78 is 4.94. The lowest BCUT2D eigenvalue weighted by atomic mass is 10.1. The fraction of sp³-hybridized carbons (Fsp3) is 0.130. The van der Waals surface area contributed by atoms with Crippen LogP contribution in [-0.2, 0) is 9.53 Å². The molecule has 1 aromatic heterocycles. The standard InChI is InChI=1S/C23H19N3O3S/c1-2-29-23(28)17-8-11-19(12-9-17)25-21(27)15-30-22-18(14-24)10-13-20(26-22)16-6-4-3-5-7-16/h3-13H,2,15H2,1H3,(H,25,27). The molecule has 0 aliphatic carbocycles. The van der Waals surface area contributed by atoms with Crippen LogP contribution in [0.25, 0.3) is 11.3 Å². The van der Waals surface area contributed by atoms with E-state index in [4.69, 9.17) is 4.74 Å². The Hall–Kier alpha value is -3.63. The Balaban J connectivity index is 1.64. The van der Waals surface area contributed by atoms with Crippen molar-refractivity contribution < 1.29 is 14.3 Å². The number of hydrogen-bond donors (Lipinski definition) is 1. The molecule has 3 rings (SSSR count). The molecule has 30 heavy (non-hydrogen) atoms. The molecule has 0 bridgehead atoms. The highest BCUT2D eigenvalue weighted by molar-refractivity contribution is 8.00. The first kappa shape index (κ1) is 21.1. The molecule has 0 spiro atoms. The highest BCUT2D eigenvalue weighted by atomic mass is 32.2. The van der Waals surface area contributed by atoms with Crippen LogP contribution in [0.5, 0.6) is 0 Å². The van der Waals surface area contributed by atoms with E-state index in [9.17, 15) is 14.9 Å². The minimum absolute atomic E-state index is 0.0968. The number of nitrogens with one attached hydrogen (secondary N) is 1. The summed E-state index contributed by atoms with van der Waals surface area (Å²) in [7, 11) is 0. The summed E-state index contributed by atoms with van der Waals surface area (Å²) in [6.07, 6.45) is 0. The molecule has 0 atom stereocenters. The van der Waals surface area contributed by atoms with Gasteiger partial charge in [0.15, 0.2) is 0 Å². The Kier molecular flexibility index (Phi) is 7.19. The number of hydrogen-bond acceptors (Lipinski definition) is 6. The molecule has 0 fully saturated rings. The van der Waals surface area contributed by atoms with Crippen molar-refractivity contribution in [1.82, 2.24) is 4.98 Å². The molecule has 6 nitrogen and oxygen atoms in total. The third-order valence-corrected chi connectivity index (χ3v) is 5.06. The Morgan fingerprint density at radius 3 is 2.47 bits per heavy atom. The van der Waals surface area contributed by atoms with Crippen LogP contribution in [0.2, 0.25) is 0 Å². The predicted molar refractivity (Wildman–Crippen MR) is 116 cm³/mol. The molecule has 7 heteroatoms. The summed E-state index contributed by atoms with van der Waals surface area (Å²) in [6.45, 7) is 2.05. The van der Waals surface area contributed by atoms with Gasteiger partial charge in [-0.3, -0.25) is 4.79 Å². The summed E-state index contributed by atoms with van der Waals surface area (Å²) in [5.41, 5.74) is 3.10. The second-order valence-corrected chi connectivity index (χ2v) is 7.13. The van der Waals surface area contributed by atoms with E-state index in [0.29, 0.717) is 28.4 Å². The smallest absolute Gasteiger partial charge is 0.338 e. The van der Waals surface area contributed by atoms with E-state index in [1.807, 2.05) is 30.3 Å². The number of rotatable bonds is 7. The van der Waals surface area contributed by atoms with Gasteiger partial charge in [0, 0.05) is 11.3 Å². The molecule has 1 N–H and O–H groups in total. The molecule has 0 aliphatic rings. The van der Waals surface area contributed by atoms with Crippen LogP contribution in [0.3, 0.4) is 0 Å². The van der Waals surface area contributed by atoms with Gasteiger partial charge in [-0.05, 0) is 43.3 Å². The summed E-state index contributed by atoms with van der Waals surface area (Å²) in [4.78, 5) is 28.6. The van der Waals surface area contributed by atoms with Crippen molar-refractivity contribution in [2.45, 2.75) is 11.9 Å². The molecule has 0 saturated carbocycles. The number of benzene rings is 2. The second kappa shape index (κ2) is 10.2. The molecule has 1 heterocycles. The van der Waals surface area contributed by atoms with Gasteiger partial charge in [-0.15, -0.1) is 0 Å². The van der Waals surface area contributed by atoms with Crippen molar-refractivity contribution in [3.8, 4) is 17.3 Å². The van der Waals surface area contributed by atoms with E-state index in [1.165, 1.54) is 11.8 Å². The molecular weight excluding hydrogens is 398 g/mol. The van der Waals surface area contributed by atoms with E-state index in [0.717, 1.165) is 11.3 Å². The summed E-state index contributed by atoms with van der Waals surface area (Å²) in [5, 5.41) is 12.6. The number of carbonyl (C=O) groups excluding carboxylic acids is 2. The number of amides is 1. The van der Waals surface area contributed by atoms with Crippen molar-refractivity contribution in [3.05, 3.63) is 77.9 Å². The number of nitrogens with zero attached hydrogens (tertiary/aromatic N) is 2. The third kappa shape index (κ3) is 5.46. The van der Waals surface area contributed by atoms with Crippen molar-refractivity contribution in [2.75, 3.05) is 17.7 Å². The Morgan fingerprint density at radius 1 is 1.07 bits per heavy atom. The molecular formula is C23H19N3O3S. The molecule has 2 aromatic carbocycles. The number of esters is 1. The molecule has 1 amide bonds. The van der Waals surface area contributed by atoms with Crippen LogP contribution in [-0.4, -0.2) is 29.2 Å². The fourth-order valence-corrected chi connectivity index (χ4v) is 3.41. The molecule has 0 aliphatic heterocycles. The molecule has 0 saturated heterocycles. The maximum atomic E-state index is 12.3. The topological polar surface area (TPSA) is 92.1 Å². The Bertz CT molecular complexity index is 1080. The minimum atomic E-state index is -0.403. The quantitative estimate of drug-likeness (QED) is 0.449.